The van der Waals surface area contributed by atoms with Crippen LogP contribution in [0.4, 0.5) is 11.4 Å². The van der Waals surface area contributed by atoms with E-state index in [2.05, 4.69) is 21.2 Å². The van der Waals surface area contributed by atoms with Crippen molar-refractivity contribution in [2.45, 2.75) is 0 Å². The molecule has 178 valence electrons. The fourth-order valence-corrected chi connectivity index (χ4v) is 4.89. The quantitative estimate of drug-likeness (QED) is 0.250. The third kappa shape index (κ3) is 6.24. The zero-order valence-corrected chi connectivity index (χ0v) is 22.3. The number of rotatable bonds is 7. The van der Waals surface area contributed by atoms with Crippen molar-refractivity contribution in [3.05, 3.63) is 86.7 Å². The summed E-state index contributed by atoms with van der Waals surface area (Å²) in [6, 6.07) is 19.4. The number of thiocarbonyl (C=S) groups is 1. The van der Waals surface area contributed by atoms with Crippen molar-refractivity contribution in [2.75, 3.05) is 23.9 Å². The van der Waals surface area contributed by atoms with Gasteiger partial charge in [0, 0.05) is 15.2 Å². The number of methoxy groups -OCH3 is 1. The number of thioether (sulfide) groups is 1. The number of hydrogen-bond donors (Lipinski definition) is 1. The third-order valence-corrected chi connectivity index (χ3v) is 6.93. The molecule has 2 amide bonds. The van der Waals surface area contributed by atoms with Gasteiger partial charge < -0.3 is 14.8 Å². The van der Waals surface area contributed by atoms with Crippen LogP contribution in [0.3, 0.4) is 0 Å². The van der Waals surface area contributed by atoms with E-state index >= 15 is 0 Å². The average Bonchev–Trinajstić information content (AvgIpc) is 3.12. The molecule has 0 unspecified atom stereocenters. The van der Waals surface area contributed by atoms with Crippen LogP contribution in [-0.4, -0.2) is 29.9 Å². The summed E-state index contributed by atoms with van der Waals surface area (Å²) in [5.74, 6) is 0.322. The molecule has 1 aliphatic heterocycles. The molecule has 3 aromatic rings. The van der Waals surface area contributed by atoms with Crippen LogP contribution < -0.4 is 19.7 Å². The normalized spacial score (nSPS) is 14.4. The summed E-state index contributed by atoms with van der Waals surface area (Å²) in [5, 5.41) is 3.35. The van der Waals surface area contributed by atoms with Crippen molar-refractivity contribution >= 4 is 85.1 Å². The molecule has 0 bridgehead atoms. The van der Waals surface area contributed by atoms with Gasteiger partial charge in [-0.15, -0.1) is 0 Å². The van der Waals surface area contributed by atoms with Gasteiger partial charge in [0.2, 0.25) is 0 Å². The summed E-state index contributed by atoms with van der Waals surface area (Å²) in [4.78, 5) is 27.2. The second-order valence-corrected chi connectivity index (χ2v) is 10.3. The molecular formula is C25H18BrClN2O4S2. The van der Waals surface area contributed by atoms with Gasteiger partial charge >= 0.3 is 0 Å². The lowest BCUT2D eigenvalue weighted by molar-refractivity contribution is -0.118. The minimum Gasteiger partial charge on any atom is -0.493 e. The predicted molar refractivity (Wildman–Crippen MR) is 148 cm³/mol. The van der Waals surface area contributed by atoms with E-state index in [1.807, 2.05) is 12.1 Å². The number of nitrogens with zero attached hydrogens (tertiary/aromatic N) is 1. The third-order valence-electron chi connectivity index (χ3n) is 4.85. The second-order valence-electron chi connectivity index (χ2n) is 7.25. The molecule has 0 aliphatic carbocycles. The molecule has 0 saturated carbocycles. The molecule has 1 saturated heterocycles. The molecule has 0 atom stereocenters. The highest BCUT2D eigenvalue weighted by molar-refractivity contribution is 9.10. The Bertz CT molecular complexity index is 1310. The number of ether oxygens (including phenoxy) is 2. The summed E-state index contributed by atoms with van der Waals surface area (Å²) in [5.41, 5.74) is 2.05. The first-order chi connectivity index (χ1) is 16.8. The Labute approximate surface area is 225 Å². The number of benzene rings is 3. The van der Waals surface area contributed by atoms with Crippen LogP contribution >= 0.6 is 51.5 Å². The van der Waals surface area contributed by atoms with Gasteiger partial charge in [-0.1, -0.05) is 57.6 Å². The fourth-order valence-electron chi connectivity index (χ4n) is 3.20. The molecule has 6 nitrogen and oxygen atoms in total. The van der Waals surface area contributed by atoms with Gasteiger partial charge in [-0.25, -0.2) is 0 Å². The smallest absolute Gasteiger partial charge is 0.270 e. The van der Waals surface area contributed by atoms with Gasteiger partial charge in [-0.2, -0.15) is 0 Å². The van der Waals surface area contributed by atoms with Gasteiger partial charge in [-0.05, 0) is 72.3 Å². The molecule has 1 aliphatic rings. The molecule has 0 radical (unpaired) electrons. The highest BCUT2D eigenvalue weighted by atomic mass is 79.9. The standard InChI is InChI=1S/C25H18BrClN2O4S2/c1-32-21-12-15(2-11-20(21)33-14-23(30)28-18-7-3-16(26)4-8-18)13-22-24(31)29(25(34)35-22)19-9-5-17(27)6-10-19/h2-13H,14H2,1H3,(H,28,30)/b22-13-. The van der Waals surface area contributed by atoms with E-state index in [-0.39, 0.29) is 18.4 Å². The Hall–Kier alpha value is -2.85. The number of carbonyl (C=O) groups is 2. The van der Waals surface area contributed by atoms with Crippen molar-refractivity contribution in [3.63, 3.8) is 0 Å². The van der Waals surface area contributed by atoms with Gasteiger partial charge in [0.15, 0.2) is 22.4 Å². The Balaban J connectivity index is 1.44. The van der Waals surface area contributed by atoms with E-state index in [9.17, 15) is 9.59 Å². The van der Waals surface area contributed by atoms with E-state index in [1.54, 1.807) is 60.7 Å². The van der Waals surface area contributed by atoms with Gasteiger partial charge in [0.1, 0.15) is 0 Å². The van der Waals surface area contributed by atoms with E-state index in [4.69, 9.17) is 33.3 Å². The van der Waals surface area contributed by atoms with Crippen LogP contribution in [0, 0.1) is 0 Å². The Morgan fingerprint density at radius 3 is 2.51 bits per heavy atom. The molecule has 35 heavy (non-hydrogen) atoms. The minimum atomic E-state index is -0.302. The number of nitrogens with one attached hydrogen (secondary N) is 1. The Morgan fingerprint density at radius 2 is 1.83 bits per heavy atom. The molecule has 3 aromatic carbocycles. The Morgan fingerprint density at radius 1 is 1.11 bits per heavy atom. The zero-order valence-electron chi connectivity index (χ0n) is 18.3. The van der Waals surface area contributed by atoms with Crippen LogP contribution in [0.1, 0.15) is 5.56 Å². The summed E-state index contributed by atoms with van der Waals surface area (Å²) < 4.78 is 12.4. The zero-order chi connectivity index (χ0) is 24.9. The monoisotopic (exact) mass is 588 g/mol. The maximum absolute atomic E-state index is 13.0. The summed E-state index contributed by atoms with van der Waals surface area (Å²) >= 11 is 15.9. The Kier molecular flexibility index (Phi) is 8.12. The number of hydrogen-bond acceptors (Lipinski definition) is 6. The summed E-state index contributed by atoms with van der Waals surface area (Å²) in [6.07, 6.45) is 1.74. The van der Waals surface area contributed by atoms with Gasteiger partial charge in [0.05, 0.1) is 17.7 Å². The molecular weight excluding hydrogens is 572 g/mol. The van der Waals surface area contributed by atoms with E-state index in [0.717, 1.165) is 10.0 Å². The molecule has 0 aromatic heterocycles. The fraction of sp³-hybridized carbons (Fsp3) is 0.0800. The summed E-state index contributed by atoms with van der Waals surface area (Å²) in [7, 11) is 1.51. The number of amides is 2. The predicted octanol–water partition coefficient (Wildman–Crippen LogP) is 6.53. The number of halogens is 2. The molecule has 10 heteroatoms. The SMILES string of the molecule is COc1cc(/C=C2\SC(=S)N(c3ccc(Cl)cc3)C2=O)ccc1OCC(=O)Nc1ccc(Br)cc1. The lowest BCUT2D eigenvalue weighted by Gasteiger charge is -2.14. The first-order valence-corrected chi connectivity index (χ1v) is 12.6. The molecule has 0 spiro atoms. The maximum atomic E-state index is 13.0. The summed E-state index contributed by atoms with van der Waals surface area (Å²) in [6.45, 7) is -0.189. The van der Waals surface area contributed by atoms with Gasteiger partial charge in [-0.3, -0.25) is 14.5 Å². The van der Waals surface area contributed by atoms with Crippen molar-refractivity contribution in [1.82, 2.24) is 0 Å². The highest BCUT2D eigenvalue weighted by Crippen LogP contribution is 2.37. The molecule has 4 rings (SSSR count). The average molecular weight is 590 g/mol. The largest absolute Gasteiger partial charge is 0.493 e. The number of carbonyl (C=O) groups excluding carboxylic acids is 2. The highest BCUT2D eigenvalue weighted by Gasteiger charge is 2.33. The van der Waals surface area contributed by atoms with Crippen LogP contribution in [0.5, 0.6) is 11.5 Å². The van der Waals surface area contributed by atoms with Crippen LogP contribution in [-0.2, 0) is 9.59 Å². The second kappa shape index (κ2) is 11.3. The van der Waals surface area contributed by atoms with Crippen molar-refractivity contribution < 1.29 is 19.1 Å². The van der Waals surface area contributed by atoms with Crippen LogP contribution in [0.15, 0.2) is 76.1 Å². The van der Waals surface area contributed by atoms with E-state index in [1.165, 1.54) is 23.8 Å². The van der Waals surface area contributed by atoms with Crippen LogP contribution in [0.2, 0.25) is 5.02 Å². The van der Waals surface area contributed by atoms with Crippen molar-refractivity contribution in [3.8, 4) is 11.5 Å². The van der Waals surface area contributed by atoms with Crippen molar-refractivity contribution in [1.29, 1.82) is 0 Å². The van der Waals surface area contributed by atoms with Crippen molar-refractivity contribution in [2.24, 2.45) is 0 Å². The van der Waals surface area contributed by atoms with E-state index < -0.39 is 0 Å². The molecule has 1 N–H and O–H groups in total. The first-order valence-electron chi connectivity index (χ1n) is 10.2. The number of anilines is 2. The maximum Gasteiger partial charge on any atom is 0.270 e. The molecule has 1 heterocycles. The molecule has 1 fully saturated rings. The lowest BCUT2D eigenvalue weighted by atomic mass is 10.2. The van der Waals surface area contributed by atoms with E-state index in [0.29, 0.717) is 37.1 Å². The topological polar surface area (TPSA) is 67.9 Å². The van der Waals surface area contributed by atoms with Gasteiger partial charge in [0.25, 0.3) is 11.8 Å². The first kappa shape index (κ1) is 25.2. The minimum absolute atomic E-state index is 0.189. The lowest BCUT2D eigenvalue weighted by Crippen LogP contribution is -2.27. The van der Waals surface area contributed by atoms with Crippen LogP contribution in [0.25, 0.3) is 6.08 Å².